The number of carbonyl (C=O) groups is 3. The zero-order chi connectivity index (χ0) is 20.4. The molecule has 1 aromatic rings. The third-order valence-corrected chi connectivity index (χ3v) is 4.49. The number of imide groups is 1. The lowest BCUT2D eigenvalue weighted by atomic mass is 10.1. The minimum atomic E-state index is -0.956. The first-order chi connectivity index (χ1) is 12.5. The van der Waals surface area contributed by atoms with Crippen LogP contribution in [0, 0.1) is 13.8 Å². The number of aryl methyl sites for hydroxylation is 2. The summed E-state index contributed by atoms with van der Waals surface area (Å²) in [6.45, 7) is 7.02. The van der Waals surface area contributed by atoms with E-state index in [1.54, 1.807) is 19.9 Å². The minimum Gasteiger partial charge on any atom is -0.330 e. The normalized spacial score (nSPS) is 15.4. The molecule has 2 rings (SSSR count). The van der Waals surface area contributed by atoms with E-state index in [0.717, 1.165) is 16.0 Å². The molecule has 0 bridgehead atoms. The predicted octanol–water partition coefficient (Wildman–Crippen LogP) is 1.99. The van der Waals surface area contributed by atoms with Crippen LogP contribution in [0.4, 0.5) is 10.5 Å². The van der Waals surface area contributed by atoms with Gasteiger partial charge in [0.05, 0.1) is 10.7 Å². The molecule has 1 aromatic carbocycles. The van der Waals surface area contributed by atoms with Crippen LogP contribution in [0.1, 0.15) is 31.4 Å². The molecule has 1 saturated heterocycles. The van der Waals surface area contributed by atoms with Gasteiger partial charge in [-0.25, -0.2) is 4.79 Å². The van der Waals surface area contributed by atoms with E-state index in [9.17, 15) is 14.4 Å². The zero-order valence-corrected chi connectivity index (χ0v) is 17.1. The largest absolute Gasteiger partial charge is 0.330 e. The molecule has 0 atom stereocenters. The Hall–Kier alpha value is -2.39. The van der Waals surface area contributed by atoms with Gasteiger partial charge in [-0.05, 0) is 57.1 Å². The second kappa shape index (κ2) is 8.10. The molecule has 0 aromatic heterocycles. The van der Waals surface area contributed by atoms with Crippen molar-refractivity contribution in [1.82, 2.24) is 21.1 Å². The smallest absolute Gasteiger partial charge is 0.325 e. The summed E-state index contributed by atoms with van der Waals surface area (Å²) < 4.78 is 0. The first-order valence-corrected chi connectivity index (χ1v) is 9.06. The highest BCUT2D eigenvalue weighted by Gasteiger charge is 2.43. The van der Waals surface area contributed by atoms with Crippen molar-refractivity contribution in [1.29, 1.82) is 0 Å². The SMILES string of the molecule is Cc1cc(C)c(NC(=S)NNC(=O)CCN2C(=O)NC(C)(C)C2=O)c(Cl)c1. The standard InChI is InChI=1S/C17H22ClN5O3S/c1-9-7-10(2)13(11(18)8-9)19-15(27)22-21-12(24)5-6-23-14(25)17(3,4)20-16(23)26/h7-8H,5-6H2,1-4H3,(H,20,26)(H,21,24)(H2,19,22,27). The van der Waals surface area contributed by atoms with Gasteiger partial charge in [-0.15, -0.1) is 0 Å². The molecule has 1 fully saturated rings. The molecule has 0 saturated carbocycles. The van der Waals surface area contributed by atoms with Crippen LogP contribution >= 0.6 is 23.8 Å². The fourth-order valence-corrected chi connectivity index (χ4v) is 3.16. The molecule has 0 spiro atoms. The van der Waals surface area contributed by atoms with Crippen molar-refractivity contribution >= 4 is 52.5 Å². The summed E-state index contributed by atoms with van der Waals surface area (Å²) in [5.41, 5.74) is 6.63. The monoisotopic (exact) mass is 411 g/mol. The highest BCUT2D eigenvalue weighted by atomic mass is 35.5. The maximum absolute atomic E-state index is 12.1. The van der Waals surface area contributed by atoms with Crippen LogP contribution in [-0.4, -0.2) is 39.9 Å². The van der Waals surface area contributed by atoms with Crippen molar-refractivity contribution in [2.24, 2.45) is 0 Å². The third-order valence-electron chi connectivity index (χ3n) is 3.99. The Bertz CT molecular complexity index is 789. The lowest BCUT2D eigenvalue weighted by Crippen LogP contribution is -2.45. The Morgan fingerprint density at radius 2 is 1.93 bits per heavy atom. The zero-order valence-electron chi connectivity index (χ0n) is 15.5. The van der Waals surface area contributed by atoms with E-state index in [0.29, 0.717) is 10.7 Å². The van der Waals surface area contributed by atoms with Gasteiger partial charge < -0.3 is 10.6 Å². The van der Waals surface area contributed by atoms with Crippen LogP contribution in [0.3, 0.4) is 0 Å². The molecule has 27 heavy (non-hydrogen) atoms. The summed E-state index contributed by atoms with van der Waals surface area (Å²) >= 11 is 11.3. The molecule has 10 heteroatoms. The van der Waals surface area contributed by atoms with E-state index in [4.69, 9.17) is 23.8 Å². The number of thiocarbonyl (C=S) groups is 1. The Balaban J connectivity index is 1.81. The van der Waals surface area contributed by atoms with Gasteiger partial charge in [-0.2, -0.15) is 0 Å². The fraction of sp³-hybridized carbons (Fsp3) is 0.412. The second-order valence-corrected chi connectivity index (χ2v) is 7.64. The third kappa shape index (κ3) is 5.08. The Labute approximate surface area is 168 Å². The quantitative estimate of drug-likeness (QED) is 0.343. The van der Waals surface area contributed by atoms with Crippen molar-refractivity contribution in [3.63, 3.8) is 0 Å². The van der Waals surface area contributed by atoms with Gasteiger partial charge in [0.2, 0.25) is 5.91 Å². The molecular weight excluding hydrogens is 390 g/mol. The highest BCUT2D eigenvalue weighted by molar-refractivity contribution is 7.80. The highest BCUT2D eigenvalue weighted by Crippen LogP contribution is 2.27. The number of hydrogen-bond donors (Lipinski definition) is 4. The lowest BCUT2D eigenvalue weighted by molar-refractivity contribution is -0.130. The van der Waals surface area contributed by atoms with Crippen LogP contribution in [0.15, 0.2) is 12.1 Å². The fourth-order valence-electron chi connectivity index (χ4n) is 2.64. The van der Waals surface area contributed by atoms with E-state index >= 15 is 0 Å². The summed E-state index contributed by atoms with van der Waals surface area (Å²) in [4.78, 5) is 36.8. The Morgan fingerprint density at radius 1 is 1.26 bits per heavy atom. The molecule has 146 valence electrons. The van der Waals surface area contributed by atoms with Gasteiger partial charge in [0.15, 0.2) is 5.11 Å². The van der Waals surface area contributed by atoms with E-state index in [1.165, 1.54) is 0 Å². The number of carbonyl (C=O) groups excluding carboxylic acids is 3. The summed E-state index contributed by atoms with van der Waals surface area (Å²) in [5, 5.41) is 6.16. The molecule has 0 unspecified atom stereocenters. The summed E-state index contributed by atoms with van der Waals surface area (Å²) in [6, 6.07) is 3.25. The van der Waals surface area contributed by atoms with E-state index in [2.05, 4.69) is 21.5 Å². The summed E-state index contributed by atoms with van der Waals surface area (Å²) in [6.07, 6.45) is -0.0603. The van der Waals surface area contributed by atoms with E-state index in [1.807, 2.05) is 19.9 Å². The molecule has 1 heterocycles. The number of nitrogens with one attached hydrogen (secondary N) is 4. The Kier molecular flexibility index (Phi) is 6.27. The first-order valence-electron chi connectivity index (χ1n) is 8.28. The van der Waals surface area contributed by atoms with Gasteiger partial charge in [0.25, 0.3) is 5.91 Å². The maximum Gasteiger partial charge on any atom is 0.325 e. The van der Waals surface area contributed by atoms with E-state index < -0.39 is 17.5 Å². The molecule has 4 amide bonds. The number of halogens is 1. The van der Waals surface area contributed by atoms with Crippen molar-refractivity contribution in [2.75, 3.05) is 11.9 Å². The molecule has 4 N–H and O–H groups in total. The van der Waals surface area contributed by atoms with Gasteiger partial charge in [0.1, 0.15) is 5.54 Å². The van der Waals surface area contributed by atoms with Crippen molar-refractivity contribution in [3.8, 4) is 0 Å². The molecular formula is C17H22ClN5O3S. The van der Waals surface area contributed by atoms with Crippen molar-refractivity contribution < 1.29 is 14.4 Å². The van der Waals surface area contributed by atoms with Crippen LogP contribution in [-0.2, 0) is 9.59 Å². The number of rotatable bonds is 4. The number of benzene rings is 1. The van der Waals surface area contributed by atoms with Gasteiger partial charge in [-0.1, -0.05) is 17.7 Å². The first kappa shape index (κ1) is 20.9. The molecule has 8 nitrogen and oxygen atoms in total. The number of nitrogens with zero attached hydrogens (tertiary/aromatic N) is 1. The van der Waals surface area contributed by atoms with Crippen LogP contribution < -0.4 is 21.5 Å². The van der Waals surface area contributed by atoms with Gasteiger partial charge >= 0.3 is 6.03 Å². The molecule has 0 aliphatic carbocycles. The summed E-state index contributed by atoms with van der Waals surface area (Å²) in [5.74, 6) is -0.786. The average Bonchev–Trinajstić information content (AvgIpc) is 2.74. The number of anilines is 1. The molecule has 1 aliphatic heterocycles. The van der Waals surface area contributed by atoms with Crippen LogP contribution in [0.25, 0.3) is 0 Å². The van der Waals surface area contributed by atoms with Gasteiger partial charge in [-0.3, -0.25) is 25.3 Å². The number of urea groups is 1. The minimum absolute atomic E-state index is 0.0231. The summed E-state index contributed by atoms with van der Waals surface area (Å²) in [7, 11) is 0. The van der Waals surface area contributed by atoms with Gasteiger partial charge in [0, 0.05) is 13.0 Å². The molecule has 0 radical (unpaired) electrons. The number of hydrogen-bond acceptors (Lipinski definition) is 4. The van der Waals surface area contributed by atoms with Crippen LogP contribution in [0.2, 0.25) is 5.02 Å². The maximum atomic E-state index is 12.1. The number of amides is 4. The topological polar surface area (TPSA) is 103 Å². The lowest BCUT2D eigenvalue weighted by Gasteiger charge is -2.17. The average molecular weight is 412 g/mol. The second-order valence-electron chi connectivity index (χ2n) is 6.83. The van der Waals surface area contributed by atoms with Crippen molar-refractivity contribution in [2.45, 2.75) is 39.7 Å². The molecule has 1 aliphatic rings. The Morgan fingerprint density at radius 3 is 2.48 bits per heavy atom. The van der Waals surface area contributed by atoms with Crippen molar-refractivity contribution in [3.05, 3.63) is 28.3 Å². The van der Waals surface area contributed by atoms with E-state index in [-0.39, 0.29) is 24.0 Å². The number of hydrazine groups is 1. The predicted molar refractivity (Wildman–Crippen MR) is 107 cm³/mol. The van der Waals surface area contributed by atoms with Crippen LogP contribution in [0.5, 0.6) is 0 Å².